The number of carbonyl (C=O) groups excluding carboxylic acids is 2. The molecule has 1 aromatic rings. The lowest BCUT2D eigenvalue weighted by molar-refractivity contribution is -0.545. The molecule has 1 saturated heterocycles. The van der Waals surface area contributed by atoms with E-state index in [1.807, 2.05) is 0 Å². The van der Waals surface area contributed by atoms with Crippen LogP contribution >= 0.6 is 0 Å². The van der Waals surface area contributed by atoms with Gasteiger partial charge in [-0.25, -0.2) is 14.3 Å². The molecule has 1 aromatic carbocycles. The molecule has 4 rings (SSSR count). The molecule has 0 aromatic heterocycles. The first-order chi connectivity index (χ1) is 14.3. The summed E-state index contributed by atoms with van der Waals surface area (Å²) in [6, 6.07) is 7.73. The number of hydrogen-bond acceptors (Lipinski definition) is 4. The number of imide groups is 1. The highest BCUT2D eigenvalue weighted by Gasteiger charge is 2.54. The minimum absolute atomic E-state index is 0.150. The Morgan fingerprint density at radius 2 is 1.90 bits per heavy atom. The smallest absolute Gasteiger partial charge is 0.270 e. The number of fused-ring (bicyclic) bond motifs is 2. The zero-order valence-corrected chi connectivity index (χ0v) is 18.6. The number of amides is 3. The number of nitrogens with zero attached hydrogens (tertiary/aromatic N) is 5. The van der Waals surface area contributed by atoms with E-state index < -0.39 is 6.04 Å². The molecule has 160 valence electrons. The highest BCUT2D eigenvalue weighted by molar-refractivity contribution is 6.24. The van der Waals surface area contributed by atoms with Gasteiger partial charge in [-0.05, 0) is 36.5 Å². The Morgan fingerprint density at radius 3 is 2.53 bits per heavy atom. The number of amidine groups is 1. The monoisotopic (exact) mass is 410 g/mol. The van der Waals surface area contributed by atoms with Crippen LogP contribution in [0.25, 0.3) is 0 Å². The SMILES string of the molecule is CCc1ccc(N2CC(C)C[N+]3=C2N=C2C3C(=O)N(CCC(C)C)C(=O)N2C)cc1. The maximum absolute atomic E-state index is 13.4. The Kier molecular flexibility index (Phi) is 5.38. The third-order valence-corrected chi connectivity index (χ3v) is 6.22. The van der Waals surface area contributed by atoms with Crippen LogP contribution in [0, 0.1) is 11.8 Å². The van der Waals surface area contributed by atoms with E-state index in [1.165, 1.54) is 10.5 Å². The Labute approximate surface area is 178 Å². The summed E-state index contributed by atoms with van der Waals surface area (Å²) >= 11 is 0. The molecule has 0 aliphatic carbocycles. The second-order valence-electron chi connectivity index (χ2n) is 9.07. The number of benzene rings is 1. The van der Waals surface area contributed by atoms with Crippen molar-refractivity contribution >= 4 is 29.4 Å². The largest absolute Gasteiger partial charge is 0.397 e. The minimum Gasteiger partial charge on any atom is -0.270 e. The van der Waals surface area contributed by atoms with E-state index in [-0.39, 0.29) is 11.9 Å². The average Bonchev–Trinajstić information content (AvgIpc) is 3.11. The first kappa shape index (κ1) is 20.6. The van der Waals surface area contributed by atoms with Gasteiger partial charge in [-0.3, -0.25) is 14.6 Å². The summed E-state index contributed by atoms with van der Waals surface area (Å²) in [5, 5.41) is 0. The van der Waals surface area contributed by atoms with Crippen molar-refractivity contribution in [2.24, 2.45) is 16.8 Å². The Bertz CT molecular complexity index is 918. The third kappa shape index (κ3) is 3.40. The molecule has 1 fully saturated rings. The van der Waals surface area contributed by atoms with Crippen molar-refractivity contribution in [3.8, 4) is 0 Å². The molecule has 3 amide bonds. The highest BCUT2D eigenvalue weighted by Crippen LogP contribution is 2.28. The predicted molar refractivity (Wildman–Crippen MR) is 118 cm³/mol. The maximum atomic E-state index is 13.4. The van der Waals surface area contributed by atoms with Crippen molar-refractivity contribution < 1.29 is 14.2 Å². The summed E-state index contributed by atoms with van der Waals surface area (Å²) in [6.45, 7) is 10.6. The van der Waals surface area contributed by atoms with Gasteiger partial charge >= 0.3 is 12.0 Å². The zero-order chi connectivity index (χ0) is 21.6. The standard InChI is InChI=1S/C23H32N5O2/c1-6-17-7-9-18(10-8-17)27-13-16(4)14-28-19-20(24-22(27)28)25(5)23(30)26(21(19)29)12-11-15(2)3/h7-10,15-16,19H,6,11-14H2,1-5H3/q+1. The number of likely N-dealkylation sites (N-methyl/N-ethyl adjacent to an activating group) is 1. The van der Waals surface area contributed by atoms with E-state index in [9.17, 15) is 9.59 Å². The normalized spacial score (nSPS) is 23.9. The van der Waals surface area contributed by atoms with Crippen LogP contribution < -0.4 is 4.90 Å². The second kappa shape index (κ2) is 7.85. The van der Waals surface area contributed by atoms with E-state index in [0.717, 1.165) is 37.6 Å². The Hall–Kier alpha value is -2.70. The van der Waals surface area contributed by atoms with E-state index in [4.69, 9.17) is 4.99 Å². The van der Waals surface area contributed by atoms with Crippen molar-refractivity contribution in [3.05, 3.63) is 29.8 Å². The number of rotatable bonds is 5. The maximum Gasteiger partial charge on any atom is 0.397 e. The molecule has 2 unspecified atom stereocenters. The number of anilines is 1. The number of aryl methyl sites for hydroxylation is 1. The van der Waals surface area contributed by atoms with Crippen molar-refractivity contribution in [1.29, 1.82) is 0 Å². The van der Waals surface area contributed by atoms with Crippen molar-refractivity contribution in [1.82, 2.24) is 9.80 Å². The molecule has 7 heteroatoms. The molecular weight excluding hydrogens is 378 g/mol. The van der Waals surface area contributed by atoms with Gasteiger partial charge in [0, 0.05) is 19.5 Å². The quantitative estimate of drug-likeness (QED) is 0.702. The summed E-state index contributed by atoms with van der Waals surface area (Å²) in [5.74, 6) is 1.96. The van der Waals surface area contributed by atoms with E-state index in [0.29, 0.717) is 24.2 Å². The molecule has 3 aliphatic heterocycles. The molecule has 0 spiro atoms. The predicted octanol–water partition coefficient (Wildman–Crippen LogP) is 2.79. The van der Waals surface area contributed by atoms with Gasteiger partial charge in [0.25, 0.3) is 5.91 Å². The molecule has 7 nitrogen and oxygen atoms in total. The molecule has 0 N–H and O–H groups in total. The van der Waals surface area contributed by atoms with Gasteiger partial charge in [0.1, 0.15) is 5.69 Å². The van der Waals surface area contributed by atoms with Crippen LogP contribution in [-0.4, -0.2) is 70.8 Å². The number of aliphatic imine (C=N–C) groups is 1. The second-order valence-corrected chi connectivity index (χ2v) is 9.07. The van der Waals surface area contributed by atoms with Gasteiger partial charge in [-0.1, -0.05) is 44.8 Å². The molecule has 0 bridgehead atoms. The van der Waals surface area contributed by atoms with Crippen molar-refractivity contribution in [2.45, 2.75) is 46.6 Å². The van der Waals surface area contributed by atoms with Gasteiger partial charge in [0.15, 0.2) is 0 Å². The molecule has 3 aliphatic rings. The van der Waals surface area contributed by atoms with Crippen LogP contribution in [0.2, 0.25) is 0 Å². The number of hydrogen-bond donors (Lipinski definition) is 0. The first-order valence-electron chi connectivity index (χ1n) is 11.0. The minimum atomic E-state index is -0.518. The lowest BCUT2D eigenvalue weighted by atomic mass is 10.1. The zero-order valence-electron chi connectivity index (χ0n) is 18.6. The molecule has 3 heterocycles. The summed E-state index contributed by atoms with van der Waals surface area (Å²) in [6.07, 6.45) is 1.80. The summed E-state index contributed by atoms with van der Waals surface area (Å²) in [4.78, 5) is 36.2. The highest BCUT2D eigenvalue weighted by atomic mass is 16.2. The lowest BCUT2D eigenvalue weighted by Crippen LogP contribution is -2.63. The molecule has 30 heavy (non-hydrogen) atoms. The number of carbonyl (C=O) groups is 2. The van der Waals surface area contributed by atoms with Crippen LogP contribution in [0.5, 0.6) is 0 Å². The molecule has 0 radical (unpaired) electrons. The topological polar surface area (TPSA) is 59.2 Å². The molecule has 2 atom stereocenters. The molecular formula is C23H32N5O2+. The summed E-state index contributed by atoms with van der Waals surface area (Å²) < 4.78 is 2.09. The fourth-order valence-electron chi connectivity index (χ4n) is 4.42. The van der Waals surface area contributed by atoms with Gasteiger partial charge in [-0.2, -0.15) is 0 Å². The summed E-state index contributed by atoms with van der Waals surface area (Å²) in [7, 11) is 1.73. The summed E-state index contributed by atoms with van der Waals surface area (Å²) in [5.41, 5.74) is 2.36. The van der Waals surface area contributed by atoms with Crippen LogP contribution in [0.4, 0.5) is 10.5 Å². The average molecular weight is 411 g/mol. The Morgan fingerprint density at radius 1 is 1.20 bits per heavy atom. The van der Waals surface area contributed by atoms with Crippen LogP contribution in [-0.2, 0) is 11.2 Å². The van der Waals surface area contributed by atoms with Crippen LogP contribution in [0.1, 0.15) is 39.7 Å². The van der Waals surface area contributed by atoms with Crippen molar-refractivity contribution in [3.63, 3.8) is 0 Å². The lowest BCUT2D eigenvalue weighted by Gasteiger charge is -2.35. The Balaban J connectivity index is 1.71. The van der Waals surface area contributed by atoms with Gasteiger partial charge < -0.3 is 0 Å². The van der Waals surface area contributed by atoms with Crippen molar-refractivity contribution in [2.75, 3.05) is 31.6 Å². The van der Waals surface area contributed by atoms with Gasteiger partial charge in [-0.15, -0.1) is 0 Å². The first-order valence-corrected chi connectivity index (χ1v) is 11.0. The van der Waals surface area contributed by atoms with Gasteiger partial charge in [0.05, 0.1) is 13.1 Å². The van der Waals surface area contributed by atoms with E-state index >= 15 is 0 Å². The molecule has 0 saturated carbocycles. The van der Waals surface area contributed by atoms with E-state index in [1.54, 1.807) is 11.9 Å². The fourth-order valence-corrected chi connectivity index (χ4v) is 4.42. The fraction of sp³-hybridized carbons (Fsp3) is 0.565. The van der Waals surface area contributed by atoms with Crippen LogP contribution in [0.15, 0.2) is 29.3 Å². The third-order valence-electron chi connectivity index (χ3n) is 6.22. The number of guanidine groups is 1. The van der Waals surface area contributed by atoms with Crippen LogP contribution in [0.3, 0.4) is 0 Å². The van der Waals surface area contributed by atoms with Gasteiger partial charge in [0.2, 0.25) is 11.9 Å². The number of urea groups is 1. The van der Waals surface area contributed by atoms with E-state index in [2.05, 4.69) is 61.4 Å².